The zero-order valence-electron chi connectivity index (χ0n) is 14.6. The fourth-order valence-electron chi connectivity index (χ4n) is 3.16. The summed E-state index contributed by atoms with van der Waals surface area (Å²) in [5, 5.41) is 8.97. The second-order valence-corrected chi connectivity index (χ2v) is 7.48. The molecule has 0 saturated carbocycles. The highest BCUT2D eigenvalue weighted by molar-refractivity contribution is 7.09. The third-order valence-corrected chi connectivity index (χ3v) is 5.41. The van der Waals surface area contributed by atoms with Crippen LogP contribution in [0.4, 0.5) is 20.3 Å². The fraction of sp³-hybridized carbons (Fsp3) is 0.211. The minimum Gasteiger partial charge on any atom is -0.311 e. The molecule has 0 spiro atoms. The Labute approximate surface area is 163 Å². The van der Waals surface area contributed by atoms with Crippen molar-refractivity contribution in [3.8, 4) is 0 Å². The number of nitrogens with zero attached hydrogens (tertiary/aromatic N) is 3. The van der Waals surface area contributed by atoms with Gasteiger partial charge in [-0.3, -0.25) is 9.59 Å². The second-order valence-electron chi connectivity index (χ2n) is 6.44. The van der Waals surface area contributed by atoms with E-state index in [9.17, 15) is 18.4 Å². The number of halogens is 2. The van der Waals surface area contributed by atoms with Crippen LogP contribution in [0.3, 0.4) is 0 Å². The van der Waals surface area contributed by atoms with Gasteiger partial charge in [-0.05, 0) is 23.6 Å². The molecule has 0 bridgehead atoms. The molecule has 1 aliphatic rings. The highest BCUT2D eigenvalue weighted by Gasteiger charge is 2.36. The number of carbonyl (C=O) groups is 2. The highest BCUT2D eigenvalue weighted by Crippen LogP contribution is 2.28. The number of carbonyl (C=O) groups excluding carboxylic acids is 2. The van der Waals surface area contributed by atoms with Gasteiger partial charge in [0.05, 0.1) is 24.3 Å². The highest BCUT2D eigenvalue weighted by atomic mass is 32.1. The Hall–Kier alpha value is -3.07. The summed E-state index contributed by atoms with van der Waals surface area (Å²) in [6.45, 7) is 0.559. The zero-order chi connectivity index (χ0) is 19.7. The van der Waals surface area contributed by atoms with Gasteiger partial charge in [0.1, 0.15) is 17.5 Å². The molecule has 1 aromatic carbocycles. The average molecular weight is 402 g/mol. The molecule has 1 saturated heterocycles. The van der Waals surface area contributed by atoms with Gasteiger partial charge in [-0.2, -0.15) is 5.10 Å². The largest absolute Gasteiger partial charge is 0.311 e. The number of amides is 2. The first-order valence-electron chi connectivity index (χ1n) is 8.62. The first-order chi connectivity index (χ1) is 13.5. The molecule has 3 heterocycles. The van der Waals surface area contributed by atoms with Gasteiger partial charge < -0.3 is 10.2 Å². The number of hydrogen-bond donors (Lipinski definition) is 1. The van der Waals surface area contributed by atoms with Crippen LogP contribution in [0.2, 0.25) is 0 Å². The summed E-state index contributed by atoms with van der Waals surface area (Å²) >= 11 is 1.59. The van der Waals surface area contributed by atoms with Gasteiger partial charge in [-0.25, -0.2) is 13.5 Å². The molecule has 144 valence electrons. The van der Waals surface area contributed by atoms with E-state index in [1.54, 1.807) is 28.3 Å². The molecule has 4 rings (SSSR count). The van der Waals surface area contributed by atoms with Crippen molar-refractivity contribution in [2.75, 3.05) is 16.8 Å². The molecule has 6 nitrogen and oxygen atoms in total. The summed E-state index contributed by atoms with van der Waals surface area (Å²) in [5.74, 6) is -2.38. The normalized spacial score (nSPS) is 16.6. The standard InChI is InChI=1S/C19H16F2N4O2S/c20-13-3-4-16(15(21)9-13)24-10-12(8-18(24)26)19(27)23-17-5-6-22-25(17)11-14-2-1-7-28-14/h1-7,9,12H,8,10-11H2,(H,23,27)/t12-/m1/s1. The smallest absolute Gasteiger partial charge is 0.230 e. The van der Waals surface area contributed by atoms with E-state index in [-0.39, 0.29) is 30.5 Å². The minimum atomic E-state index is -0.830. The molecule has 1 atom stereocenters. The lowest BCUT2D eigenvalue weighted by Gasteiger charge is -2.17. The lowest BCUT2D eigenvalue weighted by molar-refractivity contribution is -0.122. The number of nitrogens with one attached hydrogen (secondary N) is 1. The van der Waals surface area contributed by atoms with Crippen molar-refractivity contribution in [1.82, 2.24) is 9.78 Å². The van der Waals surface area contributed by atoms with E-state index in [4.69, 9.17) is 0 Å². The summed E-state index contributed by atoms with van der Waals surface area (Å²) < 4.78 is 28.8. The Morgan fingerprint density at radius 2 is 2.14 bits per heavy atom. The molecule has 1 aliphatic heterocycles. The summed E-state index contributed by atoms with van der Waals surface area (Å²) in [7, 11) is 0. The van der Waals surface area contributed by atoms with Gasteiger partial charge in [-0.15, -0.1) is 11.3 Å². The predicted molar refractivity (Wildman–Crippen MR) is 101 cm³/mol. The Morgan fingerprint density at radius 3 is 2.89 bits per heavy atom. The molecule has 0 radical (unpaired) electrons. The van der Waals surface area contributed by atoms with Crippen molar-refractivity contribution < 1.29 is 18.4 Å². The molecule has 2 aromatic heterocycles. The van der Waals surface area contributed by atoms with Crippen LogP contribution in [0.1, 0.15) is 11.3 Å². The van der Waals surface area contributed by atoms with Gasteiger partial charge in [0, 0.05) is 30.0 Å². The van der Waals surface area contributed by atoms with Crippen molar-refractivity contribution in [3.63, 3.8) is 0 Å². The van der Waals surface area contributed by atoms with Gasteiger partial charge in [-0.1, -0.05) is 6.07 Å². The van der Waals surface area contributed by atoms with Crippen LogP contribution in [-0.4, -0.2) is 28.1 Å². The Bertz CT molecular complexity index is 1020. The van der Waals surface area contributed by atoms with Gasteiger partial charge in [0.25, 0.3) is 0 Å². The number of anilines is 2. The summed E-state index contributed by atoms with van der Waals surface area (Å²) in [4.78, 5) is 27.2. The lowest BCUT2D eigenvalue weighted by Crippen LogP contribution is -2.29. The molecule has 3 aromatic rings. The van der Waals surface area contributed by atoms with Gasteiger partial charge >= 0.3 is 0 Å². The van der Waals surface area contributed by atoms with Crippen LogP contribution in [-0.2, 0) is 16.1 Å². The van der Waals surface area contributed by atoms with Crippen LogP contribution in [0.5, 0.6) is 0 Å². The van der Waals surface area contributed by atoms with Crippen molar-refractivity contribution in [2.24, 2.45) is 5.92 Å². The van der Waals surface area contributed by atoms with E-state index < -0.39 is 17.6 Å². The number of rotatable bonds is 5. The molecular formula is C19H16F2N4O2S. The van der Waals surface area contributed by atoms with Crippen LogP contribution < -0.4 is 10.2 Å². The number of hydrogen-bond acceptors (Lipinski definition) is 4. The monoisotopic (exact) mass is 402 g/mol. The number of thiophene rings is 1. The van der Waals surface area contributed by atoms with Crippen LogP contribution >= 0.6 is 11.3 Å². The van der Waals surface area contributed by atoms with Crippen LogP contribution in [0.25, 0.3) is 0 Å². The van der Waals surface area contributed by atoms with Gasteiger partial charge in [0.2, 0.25) is 11.8 Å². The molecule has 9 heteroatoms. The molecule has 0 aliphatic carbocycles. The van der Waals surface area contributed by atoms with E-state index >= 15 is 0 Å². The van der Waals surface area contributed by atoms with Crippen LogP contribution in [0, 0.1) is 17.6 Å². The minimum absolute atomic E-state index is 0.0237. The Morgan fingerprint density at radius 1 is 1.29 bits per heavy atom. The van der Waals surface area contributed by atoms with Crippen molar-refractivity contribution >= 4 is 34.7 Å². The third kappa shape index (κ3) is 3.65. The second kappa shape index (κ2) is 7.51. The van der Waals surface area contributed by atoms with E-state index in [2.05, 4.69) is 10.4 Å². The Kier molecular flexibility index (Phi) is 4.91. The molecule has 1 fully saturated rings. The van der Waals surface area contributed by atoms with E-state index in [0.29, 0.717) is 12.4 Å². The number of aromatic nitrogens is 2. The molecule has 1 N–H and O–H groups in total. The molecule has 28 heavy (non-hydrogen) atoms. The molecule has 2 amide bonds. The van der Waals surface area contributed by atoms with Crippen molar-refractivity contribution in [3.05, 3.63) is 64.5 Å². The maximum Gasteiger partial charge on any atom is 0.230 e. The van der Waals surface area contributed by atoms with Crippen molar-refractivity contribution in [2.45, 2.75) is 13.0 Å². The molecule has 0 unspecified atom stereocenters. The summed E-state index contributed by atoms with van der Waals surface area (Å²) in [6.07, 6.45) is 1.55. The molecular weight excluding hydrogens is 386 g/mol. The van der Waals surface area contributed by atoms with Crippen LogP contribution in [0.15, 0.2) is 48.0 Å². The topological polar surface area (TPSA) is 67.2 Å². The summed E-state index contributed by atoms with van der Waals surface area (Å²) in [5.41, 5.74) is -0.0237. The quantitative estimate of drug-likeness (QED) is 0.712. The predicted octanol–water partition coefficient (Wildman–Crippen LogP) is 3.26. The first kappa shape index (κ1) is 18.3. The van der Waals surface area contributed by atoms with E-state index in [1.165, 1.54) is 11.0 Å². The van der Waals surface area contributed by atoms with E-state index in [0.717, 1.165) is 17.0 Å². The fourth-order valence-corrected chi connectivity index (χ4v) is 3.85. The average Bonchev–Trinajstić information content (AvgIpc) is 3.39. The van der Waals surface area contributed by atoms with Crippen molar-refractivity contribution in [1.29, 1.82) is 0 Å². The zero-order valence-corrected chi connectivity index (χ0v) is 15.5. The number of benzene rings is 1. The van der Waals surface area contributed by atoms with Gasteiger partial charge in [0.15, 0.2) is 0 Å². The Balaban J connectivity index is 1.45. The maximum absolute atomic E-state index is 14.0. The SMILES string of the molecule is O=C(Nc1ccnn1Cc1cccs1)[C@@H]1CC(=O)N(c2ccc(F)cc2F)C1. The lowest BCUT2D eigenvalue weighted by atomic mass is 10.1. The third-order valence-electron chi connectivity index (χ3n) is 4.55. The maximum atomic E-state index is 14.0. The first-order valence-corrected chi connectivity index (χ1v) is 9.49. The summed E-state index contributed by atoms with van der Waals surface area (Å²) in [6, 6.07) is 8.61. The van der Waals surface area contributed by atoms with E-state index in [1.807, 2.05) is 17.5 Å².